The zero-order chi connectivity index (χ0) is 14.0. The molecular weight excluding hydrogens is 280 g/mol. The maximum atomic E-state index is 9.09. The molecule has 1 nitrogen and oxygen atoms in total. The molecule has 1 N–H and O–H groups in total. The van der Waals surface area contributed by atoms with Gasteiger partial charge < -0.3 is 5.11 Å². The van der Waals surface area contributed by atoms with Gasteiger partial charge in [0.1, 0.15) is 9.57 Å². The Morgan fingerprint density at radius 1 is 1.06 bits per heavy atom. The lowest BCUT2D eigenvalue weighted by molar-refractivity contribution is 0.475. The van der Waals surface area contributed by atoms with Crippen LogP contribution in [0.5, 0.6) is 5.75 Å². The average molecular weight is 301 g/mol. The zero-order valence-corrected chi connectivity index (χ0v) is 13.7. The fourth-order valence-corrected chi connectivity index (χ4v) is 3.40. The van der Waals surface area contributed by atoms with Crippen molar-refractivity contribution in [2.75, 3.05) is 0 Å². The summed E-state index contributed by atoms with van der Waals surface area (Å²) in [5.74, 6) is 0.294. The highest BCUT2D eigenvalue weighted by Crippen LogP contribution is 2.29. The summed E-state index contributed by atoms with van der Waals surface area (Å²) in [7, 11) is 3.26. The highest BCUT2D eigenvalue weighted by atomic mass is 32.9. The van der Waals surface area contributed by atoms with Gasteiger partial charge in [0.05, 0.1) is 0 Å². The Hall–Kier alpha value is -0.710. The number of aromatic hydroxyl groups is 1. The maximum absolute atomic E-state index is 9.09. The number of phenolic OH excluding ortho intramolecular Hbond substituents is 1. The first-order chi connectivity index (χ1) is 8.67. The van der Waals surface area contributed by atoms with Crippen LogP contribution < -0.4 is 0 Å². The van der Waals surface area contributed by atoms with E-state index in [4.69, 9.17) is 17.3 Å². The molecule has 0 fully saturated rings. The fourth-order valence-electron chi connectivity index (χ4n) is 0.998. The van der Waals surface area contributed by atoms with E-state index >= 15 is 0 Å². The monoisotopic (exact) mass is 300 g/mol. The van der Waals surface area contributed by atoms with Gasteiger partial charge in [0, 0.05) is 4.88 Å². The third-order valence-electron chi connectivity index (χ3n) is 1.61. The number of hydrogen-bond donors (Lipinski definition) is 1. The zero-order valence-electron chi connectivity index (χ0n) is 11.3. The van der Waals surface area contributed by atoms with Crippen LogP contribution in [0.15, 0.2) is 30.3 Å². The van der Waals surface area contributed by atoms with Gasteiger partial charge in [-0.2, -0.15) is 0 Å². The van der Waals surface area contributed by atoms with Crippen LogP contribution in [0.2, 0.25) is 0 Å². The maximum Gasteiger partial charge on any atom is 0.115 e. The lowest BCUT2D eigenvalue weighted by atomic mass is 10.2. The molecule has 2 rings (SSSR count). The van der Waals surface area contributed by atoms with Crippen molar-refractivity contribution in [2.24, 2.45) is 0 Å². The molecular formula is C14H20OS3. The van der Waals surface area contributed by atoms with E-state index in [1.807, 2.05) is 32.0 Å². The van der Waals surface area contributed by atoms with E-state index in [1.165, 1.54) is 6.42 Å². The van der Waals surface area contributed by atoms with Crippen molar-refractivity contribution in [1.29, 1.82) is 0 Å². The summed E-state index contributed by atoms with van der Waals surface area (Å²) in [6, 6.07) is 9.13. The van der Waals surface area contributed by atoms with Crippen LogP contribution >= 0.6 is 32.9 Å². The number of hydrogen-bond acceptors (Lipinski definition) is 4. The molecule has 0 saturated heterocycles. The molecule has 0 bridgehead atoms. The molecule has 18 heavy (non-hydrogen) atoms. The highest BCUT2D eigenvalue weighted by Gasteiger charge is 1.99. The largest absolute Gasteiger partial charge is 0.508 e. The normalized spacial score (nSPS) is 8.67. The van der Waals surface area contributed by atoms with E-state index in [-0.39, 0.29) is 0 Å². The van der Waals surface area contributed by atoms with Crippen LogP contribution in [0.3, 0.4) is 0 Å². The van der Waals surface area contributed by atoms with Gasteiger partial charge in [-0.3, -0.25) is 0 Å². The van der Waals surface area contributed by atoms with Gasteiger partial charge in [-0.05, 0) is 35.9 Å². The highest BCUT2D eigenvalue weighted by molar-refractivity contribution is 7.80. The van der Waals surface area contributed by atoms with Gasteiger partial charge in [-0.25, -0.2) is 0 Å². The van der Waals surface area contributed by atoms with E-state index in [1.54, 1.807) is 32.8 Å². The molecule has 2 aromatic rings. The molecule has 0 aliphatic rings. The SMILES string of the molecule is CC.CCC.Oc1ccc(-c2cc(=S)ss2)cc1. The Bertz CT molecular complexity index is 468. The minimum Gasteiger partial charge on any atom is -0.508 e. The Morgan fingerprint density at radius 3 is 1.94 bits per heavy atom. The van der Waals surface area contributed by atoms with Crippen molar-refractivity contribution in [3.63, 3.8) is 0 Å². The summed E-state index contributed by atoms with van der Waals surface area (Å²) < 4.78 is 0.910. The third-order valence-corrected chi connectivity index (χ3v) is 4.52. The van der Waals surface area contributed by atoms with Crippen LogP contribution in [0.25, 0.3) is 10.4 Å². The second kappa shape index (κ2) is 10.2. The molecule has 0 spiro atoms. The van der Waals surface area contributed by atoms with Gasteiger partial charge in [0.15, 0.2) is 0 Å². The van der Waals surface area contributed by atoms with Gasteiger partial charge in [0.2, 0.25) is 0 Å². The van der Waals surface area contributed by atoms with Crippen LogP contribution in [0.4, 0.5) is 0 Å². The number of phenols is 1. The summed E-state index contributed by atoms with van der Waals surface area (Å²) >= 11 is 5.04. The Morgan fingerprint density at radius 2 is 1.56 bits per heavy atom. The van der Waals surface area contributed by atoms with Crippen LogP contribution in [0.1, 0.15) is 34.1 Å². The third kappa shape index (κ3) is 6.28. The molecule has 0 aliphatic carbocycles. The molecule has 1 aromatic carbocycles. The molecule has 0 atom stereocenters. The number of benzene rings is 1. The van der Waals surface area contributed by atoms with Crippen LogP contribution in [-0.4, -0.2) is 5.11 Å². The van der Waals surface area contributed by atoms with Gasteiger partial charge in [0.25, 0.3) is 0 Å². The first-order valence-electron chi connectivity index (χ1n) is 6.07. The Balaban J connectivity index is 0.000000509. The summed E-state index contributed by atoms with van der Waals surface area (Å²) in [6.45, 7) is 8.25. The van der Waals surface area contributed by atoms with Gasteiger partial charge in [-0.1, -0.05) is 67.0 Å². The fraction of sp³-hybridized carbons (Fsp3) is 0.357. The molecule has 0 amide bonds. The smallest absolute Gasteiger partial charge is 0.115 e. The number of rotatable bonds is 1. The summed E-state index contributed by atoms with van der Waals surface area (Å²) in [6.07, 6.45) is 1.25. The minimum absolute atomic E-state index is 0.294. The molecule has 0 unspecified atom stereocenters. The Labute approximate surface area is 122 Å². The predicted molar refractivity (Wildman–Crippen MR) is 87.4 cm³/mol. The molecule has 1 heterocycles. The van der Waals surface area contributed by atoms with Crippen molar-refractivity contribution in [1.82, 2.24) is 0 Å². The van der Waals surface area contributed by atoms with Gasteiger partial charge >= 0.3 is 0 Å². The summed E-state index contributed by atoms with van der Waals surface area (Å²) in [5, 5.41) is 9.09. The molecule has 4 heteroatoms. The molecule has 0 aliphatic heterocycles. The van der Waals surface area contributed by atoms with Crippen molar-refractivity contribution in [3.8, 4) is 16.2 Å². The van der Waals surface area contributed by atoms with E-state index < -0.39 is 0 Å². The minimum atomic E-state index is 0.294. The topological polar surface area (TPSA) is 20.2 Å². The summed E-state index contributed by atoms with van der Waals surface area (Å²) in [5.41, 5.74) is 1.11. The van der Waals surface area contributed by atoms with E-state index in [0.29, 0.717) is 5.75 Å². The first kappa shape index (κ1) is 17.3. The second-order valence-electron chi connectivity index (χ2n) is 3.25. The van der Waals surface area contributed by atoms with Gasteiger partial charge in [-0.15, -0.1) is 0 Å². The Kier molecular flexibility index (Phi) is 9.83. The molecule has 1 aromatic heterocycles. The molecule has 0 saturated carbocycles. The van der Waals surface area contributed by atoms with Crippen LogP contribution in [-0.2, 0) is 0 Å². The molecule has 0 radical (unpaired) electrons. The van der Waals surface area contributed by atoms with Crippen molar-refractivity contribution < 1.29 is 5.11 Å². The van der Waals surface area contributed by atoms with Crippen molar-refractivity contribution >= 4 is 32.9 Å². The van der Waals surface area contributed by atoms with Crippen molar-refractivity contribution in [3.05, 3.63) is 34.2 Å². The van der Waals surface area contributed by atoms with Crippen molar-refractivity contribution in [2.45, 2.75) is 34.1 Å². The first-order valence-corrected chi connectivity index (χ1v) is 8.62. The summed E-state index contributed by atoms with van der Waals surface area (Å²) in [4.78, 5) is 1.16. The average Bonchev–Trinajstić information content (AvgIpc) is 2.80. The lowest BCUT2D eigenvalue weighted by Crippen LogP contribution is -1.69. The lowest BCUT2D eigenvalue weighted by Gasteiger charge is -1.95. The molecule has 100 valence electrons. The quantitative estimate of drug-likeness (QED) is 0.489. The van der Waals surface area contributed by atoms with E-state index in [9.17, 15) is 0 Å². The van der Waals surface area contributed by atoms with Crippen LogP contribution in [0, 0.1) is 3.82 Å². The predicted octanol–water partition coefficient (Wildman–Crippen LogP) is 6.35. The second-order valence-corrected chi connectivity index (χ2v) is 6.16. The van der Waals surface area contributed by atoms with E-state index in [2.05, 4.69) is 13.8 Å². The van der Waals surface area contributed by atoms with E-state index in [0.717, 1.165) is 14.3 Å². The standard InChI is InChI=1S/C9H6OS3.C3H8.C2H6/c10-7-3-1-6(2-4-7)8-5-9(11)13-12-8;1-3-2;1-2/h1-5,10H;3H2,1-2H3;1-2H3.